The van der Waals surface area contributed by atoms with Gasteiger partial charge in [0.15, 0.2) is 5.76 Å². The van der Waals surface area contributed by atoms with Gasteiger partial charge in [-0.25, -0.2) is 4.98 Å². The number of benzene rings is 2. The molecule has 2 aromatic carbocycles. The normalized spacial score (nSPS) is 17.8. The summed E-state index contributed by atoms with van der Waals surface area (Å²) in [4.78, 5) is 6.86. The number of para-hydroxylation sites is 1. The van der Waals surface area contributed by atoms with E-state index in [4.69, 9.17) is 20.8 Å². The van der Waals surface area contributed by atoms with Crippen molar-refractivity contribution in [2.24, 2.45) is 0 Å². The van der Waals surface area contributed by atoms with Crippen LogP contribution in [-0.4, -0.2) is 36.6 Å². The number of rotatable bonds is 5. The molecule has 1 fully saturated rings. The molecule has 140 valence electrons. The van der Waals surface area contributed by atoms with Crippen molar-refractivity contribution >= 4 is 11.6 Å². The third kappa shape index (κ3) is 4.00. The lowest BCUT2D eigenvalue weighted by molar-refractivity contribution is 0.138. The number of nitrogens with one attached hydrogen (secondary N) is 1. The number of aromatic nitrogens is 1. The van der Waals surface area contributed by atoms with Crippen molar-refractivity contribution in [1.29, 1.82) is 0 Å². The van der Waals surface area contributed by atoms with Gasteiger partial charge < -0.3 is 14.5 Å². The number of nitrogens with zero attached hydrogens (tertiary/aromatic N) is 2. The van der Waals surface area contributed by atoms with Gasteiger partial charge in [0.25, 0.3) is 0 Å². The van der Waals surface area contributed by atoms with Crippen molar-refractivity contribution in [3.05, 3.63) is 71.2 Å². The second-order valence-corrected chi connectivity index (χ2v) is 7.00. The summed E-state index contributed by atoms with van der Waals surface area (Å²) in [6.07, 6.45) is 1.77. The molecule has 0 saturated carbocycles. The molecular weight excluding hydrogens is 362 g/mol. The van der Waals surface area contributed by atoms with Crippen LogP contribution in [0.4, 0.5) is 0 Å². The van der Waals surface area contributed by atoms with Gasteiger partial charge in [-0.1, -0.05) is 41.9 Å². The minimum Gasteiger partial charge on any atom is -0.496 e. The first-order valence-corrected chi connectivity index (χ1v) is 9.41. The minimum absolute atomic E-state index is 0.205. The second-order valence-electron chi connectivity index (χ2n) is 6.56. The van der Waals surface area contributed by atoms with Crippen LogP contribution in [0.2, 0.25) is 5.02 Å². The fourth-order valence-corrected chi connectivity index (χ4v) is 3.71. The molecule has 0 spiro atoms. The summed E-state index contributed by atoms with van der Waals surface area (Å²) in [5, 5.41) is 4.16. The summed E-state index contributed by atoms with van der Waals surface area (Å²) in [6.45, 7) is 3.36. The van der Waals surface area contributed by atoms with Crippen molar-refractivity contribution < 1.29 is 9.15 Å². The molecule has 4 rings (SSSR count). The van der Waals surface area contributed by atoms with Crippen molar-refractivity contribution in [3.8, 4) is 17.1 Å². The number of piperazine rings is 1. The molecule has 1 aliphatic rings. The summed E-state index contributed by atoms with van der Waals surface area (Å²) in [5.74, 6) is 2.34. The predicted molar refractivity (Wildman–Crippen MR) is 106 cm³/mol. The van der Waals surface area contributed by atoms with E-state index in [1.165, 1.54) is 5.56 Å². The van der Waals surface area contributed by atoms with E-state index in [0.29, 0.717) is 17.5 Å². The maximum atomic E-state index is 6.08. The highest BCUT2D eigenvalue weighted by Gasteiger charge is 2.27. The van der Waals surface area contributed by atoms with Gasteiger partial charge in [-0.3, -0.25) is 4.90 Å². The van der Waals surface area contributed by atoms with Crippen molar-refractivity contribution in [3.63, 3.8) is 0 Å². The summed E-state index contributed by atoms with van der Waals surface area (Å²) in [5.41, 5.74) is 2.11. The predicted octanol–water partition coefficient (Wildman–Crippen LogP) is 4.15. The second kappa shape index (κ2) is 8.13. The van der Waals surface area contributed by atoms with Crippen LogP contribution in [0.5, 0.6) is 5.75 Å². The maximum Gasteiger partial charge on any atom is 0.209 e. The summed E-state index contributed by atoms with van der Waals surface area (Å²) < 4.78 is 11.6. The zero-order valence-corrected chi connectivity index (χ0v) is 15.9. The van der Waals surface area contributed by atoms with Crippen LogP contribution in [-0.2, 0) is 6.54 Å². The molecule has 1 N–H and O–H groups in total. The Balaban J connectivity index is 1.55. The zero-order chi connectivity index (χ0) is 18.6. The van der Waals surface area contributed by atoms with Gasteiger partial charge in [-0.05, 0) is 18.2 Å². The molecule has 1 saturated heterocycles. The largest absolute Gasteiger partial charge is 0.496 e. The molecular formula is C21H22ClN3O2. The molecule has 1 aromatic heterocycles. The van der Waals surface area contributed by atoms with E-state index in [9.17, 15) is 0 Å². The van der Waals surface area contributed by atoms with Gasteiger partial charge in [0.05, 0.1) is 25.9 Å². The third-order valence-electron chi connectivity index (χ3n) is 4.85. The Morgan fingerprint density at radius 3 is 3.00 bits per heavy atom. The molecule has 0 amide bonds. The number of oxazole rings is 1. The average Bonchev–Trinajstić information content (AvgIpc) is 3.17. The number of halogens is 1. The molecule has 0 bridgehead atoms. The number of methoxy groups -OCH3 is 1. The van der Waals surface area contributed by atoms with E-state index in [0.717, 1.165) is 36.7 Å². The monoisotopic (exact) mass is 383 g/mol. The summed E-state index contributed by atoms with van der Waals surface area (Å²) in [7, 11) is 1.71. The molecule has 1 aliphatic heterocycles. The fraction of sp³-hybridized carbons (Fsp3) is 0.286. The quantitative estimate of drug-likeness (QED) is 0.717. The SMILES string of the molecule is COc1ccccc1C1CNCCN1Cc1ncc(-c2cccc(Cl)c2)o1. The Morgan fingerprint density at radius 1 is 1.26 bits per heavy atom. The van der Waals surface area contributed by atoms with Crippen LogP contribution in [0.25, 0.3) is 11.3 Å². The number of ether oxygens (including phenoxy) is 1. The minimum atomic E-state index is 0.205. The standard InChI is InChI=1S/C21H22ClN3O2/c1-26-19-8-3-2-7-17(19)18-12-23-9-10-25(18)14-21-24-13-20(27-21)15-5-4-6-16(22)11-15/h2-8,11,13,18,23H,9-10,12,14H2,1H3. The molecule has 6 heteroatoms. The van der Waals surface area contributed by atoms with Gasteiger partial charge in [-0.2, -0.15) is 0 Å². The highest BCUT2D eigenvalue weighted by Crippen LogP contribution is 2.31. The topological polar surface area (TPSA) is 50.5 Å². The van der Waals surface area contributed by atoms with E-state index < -0.39 is 0 Å². The molecule has 5 nitrogen and oxygen atoms in total. The molecule has 27 heavy (non-hydrogen) atoms. The van der Waals surface area contributed by atoms with E-state index in [1.54, 1.807) is 13.3 Å². The number of hydrogen-bond donors (Lipinski definition) is 1. The van der Waals surface area contributed by atoms with Crippen LogP contribution < -0.4 is 10.1 Å². The van der Waals surface area contributed by atoms with E-state index in [2.05, 4.69) is 21.3 Å². The molecule has 0 aliphatic carbocycles. The van der Waals surface area contributed by atoms with Crippen molar-refractivity contribution in [2.45, 2.75) is 12.6 Å². The molecule has 3 aromatic rings. The van der Waals surface area contributed by atoms with E-state index in [1.807, 2.05) is 42.5 Å². The summed E-state index contributed by atoms with van der Waals surface area (Å²) in [6, 6.07) is 16.0. The lowest BCUT2D eigenvalue weighted by Gasteiger charge is -2.36. The van der Waals surface area contributed by atoms with Gasteiger partial charge in [0, 0.05) is 35.8 Å². The molecule has 2 heterocycles. The highest BCUT2D eigenvalue weighted by molar-refractivity contribution is 6.30. The average molecular weight is 384 g/mol. The molecule has 1 unspecified atom stereocenters. The van der Waals surface area contributed by atoms with Gasteiger partial charge in [0.2, 0.25) is 5.89 Å². The van der Waals surface area contributed by atoms with Crippen LogP contribution in [0.1, 0.15) is 17.5 Å². The van der Waals surface area contributed by atoms with Gasteiger partial charge >= 0.3 is 0 Å². The Morgan fingerprint density at radius 2 is 2.15 bits per heavy atom. The van der Waals surface area contributed by atoms with E-state index in [-0.39, 0.29) is 6.04 Å². The first-order valence-electron chi connectivity index (χ1n) is 9.03. The molecule has 1 atom stereocenters. The summed E-state index contributed by atoms with van der Waals surface area (Å²) >= 11 is 6.08. The first kappa shape index (κ1) is 18.0. The Kier molecular flexibility index (Phi) is 5.43. The van der Waals surface area contributed by atoms with Crippen LogP contribution in [0, 0.1) is 0 Å². The lowest BCUT2D eigenvalue weighted by atomic mass is 10.0. The van der Waals surface area contributed by atoms with Crippen LogP contribution in [0.3, 0.4) is 0 Å². The lowest BCUT2D eigenvalue weighted by Crippen LogP contribution is -2.45. The van der Waals surface area contributed by atoms with Crippen LogP contribution in [0.15, 0.2) is 59.1 Å². The Labute approximate surface area is 163 Å². The molecule has 0 radical (unpaired) electrons. The van der Waals surface area contributed by atoms with Gasteiger partial charge in [0.1, 0.15) is 5.75 Å². The van der Waals surface area contributed by atoms with Crippen molar-refractivity contribution in [2.75, 3.05) is 26.7 Å². The Bertz CT molecular complexity index is 912. The first-order chi connectivity index (χ1) is 13.2. The fourth-order valence-electron chi connectivity index (χ4n) is 3.52. The zero-order valence-electron chi connectivity index (χ0n) is 15.2. The van der Waals surface area contributed by atoms with Crippen molar-refractivity contribution in [1.82, 2.24) is 15.2 Å². The van der Waals surface area contributed by atoms with E-state index >= 15 is 0 Å². The number of hydrogen-bond acceptors (Lipinski definition) is 5. The van der Waals surface area contributed by atoms with Gasteiger partial charge in [-0.15, -0.1) is 0 Å². The highest BCUT2D eigenvalue weighted by atomic mass is 35.5. The smallest absolute Gasteiger partial charge is 0.209 e. The van der Waals surface area contributed by atoms with Crippen LogP contribution >= 0.6 is 11.6 Å². The Hall–Kier alpha value is -2.34. The maximum absolute atomic E-state index is 6.08. The third-order valence-corrected chi connectivity index (χ3v) is 5.09.